The number of nitrogens with one attached hydrogen (secondary N) is 1. The first-order valence-corrected chi connectivity index (χ1v) is 6.87. The van der Waals surface area contributed by atoms with Gasteiger partial charge in [0, 0.05) is 15.4 Å². The topological polar surface area (TPSA) is 25.2 Å². The van der Waals surface area contributed by atoms with Crippen LogP contribution in [0.4, 0.5) is 0 Å². The van der Waals surface area contributed by atoms with E-state index in [0.29, 0.717) is 22.2 Å². The summed E-state index contributed by atoms with van der Waals surface area (Å²) in [6, 6.07) is 1.76. The molecule has 92 valence electrons. The van der Waals surface area contributed by atoms with Gasteiger partial charge in [0.05, 0.1) is 16.6 Å². The maximum atomic E-state index is 6.31. The van der Waals surface area contributed by atoms with Crippen molar-refractivity contribution in [3.05, 3.63) is 31.9 Å². The molecule has 0 aliphatic heterocycles. The fraction of sp³-hybridized carbons (Fsp3) is 0.333. The molecule has 0 atom stereocenters. The summed E-state index contributed by atoms with van der Waals surface area (Å²) in [7, 11) is 1.88. The van der Waals surface area contributed by atoms with Gasteiger partial charge < -0.3 is 9.73 Å². The average molecular weight is 337 g/mol. The highest BCUT2D eigenvalue weighted by Gasteiger charge is 2.19. The molecule has 0 aliphatic carbocycles. The van der Waals surface area contributed by atoms with Gasteiger partial charge in [0.15, 0.2) is 5.58 Å². The van der Waals surface area contributed by atoms with Crippen LogP contribution in [0.25, 0.3) is 11.0 Å². The van der Waals surface area contributed by atoms with E-state index in [2.05, 4.69) is 28.2 Å². The number of hydrogen-bond acceptors (Lipinski definition) is 2. The van der Waals surface area contributed by atoms with E-state index < -0.39 is 0 Å². The Morgan fingerprint density at radius 3 is 2.71 bits per heavy atom. The highest BCUT2D eigenvalue weighted by molar-refractivity contribution is 9.10. The lowest BCUT2D eigenvalue weighted by atomic mass is 10.1. The molecule has 2 nitrogen and oxygen atoms in total. The average Bonchev–Trinajstić information content (AvgIpc) is 2.66. The van der Waals surface area contributed by atoms with E-state index in [4.69, 9.17) is 27.6 Å². The first kappa shape index (κ1) is 13.2. The number of halogens is 3. The van der Waals surface area contributed by atoms with E-state index in [9.17, 15) is 0 Å². The van der Waals surface area contributed by atoms with Crippen molar-refractivity contribution in [1.29, 1.82) is 0 Å². The van der Waals surface area contributed by atoms with Gasteiger partial charge in [-0.3, -0.25) is 0 Å². The maximum absolute atomic E-state index is 6.31. The Kier molecular flexibility index (Phi) is 4.03. The van der Waals surface area contributed by atoms with Crippen molar-refractivity contribution < 1.29 is 4.42 Å². The Hall–Kier alpha value is -0.220. The molecule has 0 unspecified atom stereocenters. The summed E-state index contributed by atoms with van der Waals surface area (Å²) < 4.78 is 6.59. The summed E-state index contributed by atoms with van der Waals surface area (Å²) in [4.78, 5) is 0. The van der Waals surface area contributed by atoms with Crippen LogP contribution in [0.15, 0.2) is 15.0 Å². The van der Waals surface area contributed by atoms with E-state index in [0.717, 1.165) is 27.6 Å². The van der Waals surface area contributed by atoms with Crippen LogP contribution in [0.3, 0.4) is 0 Å². The molecule has 0 saturated heterocycles. The smallest absolute Gasteiger partial charge is 0.154 e. The molecule has 1 aromatic heterocycles. The van der Waals surface area contributed by atoms with Gasteiger partial charge in [-0.05, 0) is 35.5 Å². The molecule has 0 saturated carbocycles. The van der Waals surface area contributed by atoms with Crippen molar-refractivity contribution in [3.63, 3.8) is 0 Å². The minimum Gasteiger partial charge on any atom is -0.458 e. The van der Waals surface area contributed by atoms with Crippen molar-refractivity contribution >= 4 is 50.1 Å². The summed E-state index contributed by atoms with van der Waals surface area (Å²) in [6.07, 6.45) is 0.858. The van der Waals surface area contributed by atoms with Gasteiger partial charge in [-0.1, -0.05) is 30.1 Å². The van der Waals surface area contributed by atoms with Crippen LogP contribution >= 0.6 is 39.1 Å². The third-order valence-electron chi connectivity index (χ3n) is 2.68. The van der Waals surface area contributed by atoms with Crippen LogP contribution < -0.4 is 5.32 Å². The lowest BCUT2D eigenvalue weighted by molar-refractivity contribution is 0.525. The molecule has 0 spiro atoms. The SMILES string of the molecule is CCc1c(CNC)oc2c(Cl)cc(Br)c(Cl)c12. The second-order valence-electron chi connectivity index (χ2n) is 3.75. The minimum atomic E-state index is 0.577. The molecule has 1 heterocycles. The second-order valence-corrected chi connectivity index (χ2v) is 5.39. The van der Waals surface area contributed by atoms with E-state index in [1.165, 1.54) is 0 Å². The summed E-state index contributed by atoms with van der Waals surface area (Å²) in [5, 5.41) is 5.23. The third kappa shape index (κ3) is 2.22. The van der Waals surface area contributed by atoms with Crippen molar-refractivity contribution in [2.75, 3.05) is 7.05 Å². The predicted molar refractivity (Wildman–Crippen MR) is 76.1 cm³/mol. The van der Waals surface area contributed by atoms with Crippen LogP contribution in [0.5, 0.6) is 0 Å². The number of aryl methyl sites for hydroxylation is 1. The molecule has 0 radical (unpaired) electrons. The van der Waals surface area contributed by atoms with E-state index in [-0.39, 0.29) is 0 Å². The van der Waals surface area contributed by atoms with Crippen LogP contribution in [-0.4, -0.2) is 7.05 Å². The summed E-state index contributed by atoms with van der Waals surface area (Å²) >= 11 is 15.9. The molecule has 2 rings (SSSR count). The molecule has 5 heteroatoms. The van der Waals surface area contributed by atoms with Gasteiger partial charge in [-0.25, -0.2) is 0 Å². The highest BCUT2D eigenvalue weighted by Crippen LogP contribution is 2.40. The molecule has 0 amide bonds. The molecule has 0 aliphatic rings. The number of rotatable bonds is 3. The molecule has 1 N–H and O–H groups in total. The van der Waals surface area contributed by atoms with Crippen LogP contribution in [0, 0.1) is 0 Å². The largest absolute Gasteiger partial charge is 0.458 e. The fourth-order valence-corrected chi connectivity index (χ4v) is 3.01. The summed E-state index contributed by atoms with van der Waals surface area (Å²) in [5.74, 6) is 0.895. The minimum absolute atomic E-state index is 0.577. The van der Waals surface area contributed by atoms with Crippen molar-refractivity contribution in [2.45, 2.75) is 19.9 Å². The predicted octanol–water partition coefficient (Wildman–Crippen LogP) is 4.78. The quantitative estimate of drug-likeness (QED) is 0.815. The number of benzene rings is 1. The van der Waals surface area contributed by atoms with E-state index >= 15 is 0 Å². The number of hydrogen-bond donors (Lipinski definition) is 1. The Labute approximate surface area is 118 Å². The Balaban J connectivity index is 2.82. The van der Waals surface area contributed by atoms with Crippen LogP contribution in [0.1, 0.15) is 18.2 Å². The first-order valence-electron chi connectivity index (χ1n) is 5.32. The summed E-state index contributed by atoms with van der Waals surface area (Å²) in [6.45, 7) is 2.75. The lowest BCUT2D eigenvalue weighted by Gasteiger charge is -2.01. The fourth-order valence-electron chi connectivity index (χ4n) is 1.95. The Morgan fingerprint density at radius 2 is 2.12 bits per heavy atom. The molecular formula is C12H12BrCl2NO. The Bertz CT molecular complexity index is 565. The molecule has 2 aromatic rings. The van der Waals surface area contributed by atoms with Gasteiger partial charge in [0.25, 0.3) is 0 Å². The van der Waals surface area contributed by atoms with E-state index in [1.54, 1.807) is 6.07 Å². The molecular weight excluding hydrogens is 325 g/mol. The third-order valence-corrected chi connectivity index (χ3v) is 4.21. The zero-order chi connectivity index (χ0) is 12.6. The van der Waals surface area contributed by atoms with E-state index in [1.807, 2.05) is 7.05 Å². The van der Waals surface area contributed by atoms with Crippen molar-refractivity contribution in [3.8, 4) is 0 Å². The van der Waals surface area contributed by atoms with Gasteiger partial charge in [-0.2, -0.15) is 0 Å². The highest BCUT2D eigenvalue weighted by atomic mass is 79.9. The zero-order valence-electron chi connectivity index (χ0n) is 9.53. The first-order chi connectivity index (χ1) is 8.10. The molecule has 0 bridgehead atoms. The number of furan rings is 1. The normalized spacial score (nSPS) is 11.4. The molecule has 17 heavy (non-hydrogen) atoms. The maximum Gasteiger partial charge on any atom is 0.154 e. The van der Waals surface area contributed by atoms with Gasteiger partial charge in [0.1, 0.15) is 5.76 Å². The second kappa shape index (κ2) is 5.19. The Morgan fingerprint density at radius 1 is 1.41 bits per heavy atom. The van der Waals surface area contributed by atoms with Crippen LogP contribution in [-0.2, 0) is 13.0 Å². The molecule has 0 fully saturated rings. The standard InChI is InChI=1S/C12H12BrCl2NO/c1-3-6-9(5-16-2)17-12-8(14)4-7(13)11(15)10(6)12/h4,16H,3,5H2,1-2H3. The zero-order valence-corrected chi connectivity index (χ0v) is 12.6. The summed E-state index contributed by atoms with van der Waals surface area (Å²) in [5.41, 5.74) is 1.78. The lowest BCUT2D eigenvalue weighted by Crippen LogP contribution is -2.05. The molecule has 1 aromatic carbocycles. The van der Waals surface area contributed by atoms with Gasteiger partial charge in [-0.15, -0.1) is 0 Å². The van der Waals surface area contributed by atoms with Gasteiger partial charge >= 0.3 is 0 Å². The van der Waals surface area contributed by atoms with Crippen molar-refractivity contribution in [2.24, 2.45) is 0 Å². The van der Waals surface area contributed by atoms with Crippen LogP contribution in [0.2, 0.25) is 10.0 Å². The van der Waals surface area contributed by atoms with Crippen molar-refractivity contribution in [1.82, 2.24) is 5.32 Å². The monoisotopic (exact) mass is 335 g/mol. The van der Waals surface area contributed by atoms with Gasteiger partial charge in [0.2, 0.25) is 0 Å². The number of fused-ring (bicyclic) bond motifs is 1.